The molecule has 1 N–H and O–H groups in total. The molecule has 0 unspecified atom stereocenters. The largest absolute Gasteiger partial charge is 0.497 e. The molecule has 0 amide bonds. The minimum Gasteiger partial charge on any atom is -0.497 e. The molecule has 0 saturated carbocycles. The van der Waals surface area contributed by atoms with Gasteiger partial charge in [0.15, 0.2) is 4.90 Å². The molecule has 10 heteroatoms. The maximum atomic E-state index is 12.6. The van der Waals surface area contributed by atoms with Crippen LogP contribution in [-0.2, 0) is 10.0 Å². The third-order valence-electron chi connectivity index (χ3n) is 3.30. The minimum atomic E-state index is -4.25. The molecule has 2 rings (SSSR count). The smallest absolute Gasteiger partial charge is 0.293 e. The Labute approximate surface area is 144 Å². The van der Waals surface area contributed by atoms with E-state index in [0.717, 1.165) is 12.1 Å². The second kappa shape index (κ2) is 7.26. The fraction of sp³-hybridized carbons (Fsp3) is 0.200. The van der Waals surface area contributed by atoms with Crippen LogP contribution < -0.4 is 18.9 Å². The van der Waals surface area contributed by atoms with E-state index in [1.165, 1.54) is 39.5 Å². The van der Waals surface area contributed by atoms with E-state index in [9.17, 15) is 18.5 Å². The number of nitrogens with zero attached hydrogens (tertiary/aromatic N) is 1. The molecule has 9 nitrogen and oxygen atoms in total. The Kier molecular flexibility index (Phi) is 5.32. The topological polar surface area (TPSA) is 117 Å². The molecule has 0 heterocycles. The number of benzene rings is 2. The lowest BCUT2D eigenvalue weighted by Crippen LogP contribution is -2.15. The van der Waals surface area contributed by atoms with E-state index in [4.69, 9.17) is 14.2 Å². The van der Waals surface area contributed by atoms with Crippen molar-refractivity contribution in [3.05, 3.63) is 46.5 Å². The molecule has 134 valence electrons. The van der Waals surface area contributed by atoms with Crippen LogP contribution in [0.15, 0.2) is 41.3 Å². The summed E-state index contributed by atoms with van der Waals surface area (Å²) in [5.41, 5.74) is -0.513. The van der Waals surface area contributed by atoms with Crippen LogP contribution in [0.25, 0.3) is 0 Å². The quantitative estimate of drug-likeness (QED) is 0.589. The van der Waals surface area contributed by atoms with Gasteiger partial charge in [-0.25, -0.2) is 8.42 Å². The van der Waals surface area contributed by atoms with Gasteiger partial charge in [0.1, 0.15) is 17.2 Å². The number of sulfonamides is 1. The van der Waals surface area contributed by atoms with Crippen molar-refractivity contribution in [3.8, 4) is 17.2 Å². The highest BCUT2D eigenvalue weighted by Gasteiger charge is 2.27. The number of rotatable bonds is 7. The van der Waals surface area contributed by atoms with Gasteiger partial charge in [0.05, 0.1) is 38.0 Å². The van der Waals surface area contributed by atoms with Gasteiger partial charge in [-0.2, -0.15) is 0 Å². The van der Waals surface area contributed by atoms with Gasteiger partial charge in [-0.1, -0.05) is 0 Å². The molecule has 2 aromatic rings. The first-order valence-corrected chi connectivity index (χ1v) is 8.38. The summed E-state index contributed by atoms with van der Waals surface area (Å²) in [6.07, 6.45) is 0. The van der Waals surface area contributed by atoms with Crippen LogP contribution in [0.3, 0.4) is 0 Å². The van der Waals surface area contributed by atoms with Crippen LogP contribution in [0.4, 0.5) is 11.4 Å². The Morgan fingerprint density at radius 1 is 0.960 bits per heavy atom. The van der Waals surface area contributed by atoms with Crippen LogP contribution in [0.5, 0.6) is 17.2 Å². The third kappa shape index (κ3) is 3.91. The Morgan fingerprint density at radius 2 is 1.56 bits per heavy atom. The number of hydrogen-bond donors (Lipinski definition) is 1. The number of methoxy groups -OCH3 is 3. The monoisotopic (exact) mass is 368 g/mol. The van der Waals surface area contributed by atoms with Gasteiger partial charge in [0.25, 0.3) is 15.7 Å². The summed E-state index contributed by atoms with van der Waals surface area (Å²) >= 11 is 0. The van der Waals surface area contributed by atoms with Crippen LogP contribution >= 0.6 is 0 Å². The molecule has 25 heavy (non-hydrogen) atoms. The highest BCUT2D eigenvalue weighted by atomic mass is 32.2. The number of hydrogen-bond acceptors (Lipinski definition) is 7. The first-order valence-electron chi connectivity index (χ1n) is 6.89. The van der Waals surface area contributed by atoms with Crippen molar-refractivity contribution < 1.29 is 27.6 Å². The number of ether oxygens (including phenoxy) is 3. The van der Waals surface area contributed by atoms with Crippen LogP contribution in [0.1, 0.15) is 0 Å². The summed E-state index contributed by atoms with van der Waals surface area (Å²) in [6.45, 7) is 0. The predicted octanol–water partition coefficient (Wildman–Crippen LogP) is 2.42. The molecule has 0 saturated heterocycles. The zero-order valence-electron chi connectivity index (χ0n) is 13.7. The lowest BCUT2D eigenvalue weighted by Gasteiger charge is -2.13. The molecule has 0 fully saturated rings. The lowest BCUT2D eigenvalue weighted by atomic mass is 10.3. The molecule has 0 aliphatic heterocycles. The summed E-state index contributed by atoms with van der Waals surface area (Å²) in [5, 5.41) is 11.2. The lowest BCUT2D eigenvalue weighted by molar-refractivity contribution is -0.387. The van der Waals surface area contributed by atoms with Crippen molar-refractivity contribution in [1.29, 1.82) is 0 Å². The van der Waals surface area contributed by atoms with Crippen molar-refractivity contribution in [2.75, 3.05) is 26.1 Å². The summed E-state index contributed by atoms with van der Waals surface area (Å²) in [5.74, 6) is 0.799. The molecule has 0 aliphatic carbocycles. The first kappa shape index (κ1) is 18.3. The van der Waals surface area contributed by atoms with Gasteiger partial charge in [-0.3, -0.25) is 14.8 Å². The average molecular weight is 368 g/mol. The first-order chi connectivity index (χ1) is 11.8. The van der Waals surface area contributed by atoms with Gasteiger partial charge in [-0.15, -0.1) is 0 Å². The molecule has 0 spiro atoms. The summed E-state index contributed by atoms with van der Waals surface area (Å²) in [4.78, 5) is 9.94. The maximum absolute atomic E-state index is 12.6. The number of anilines is 1. The van der Waals surface area contributed by atoms with E-state index in [-0.39, 0.29) is 17.2 Å². The van der Waals surface area contributed by atoms with E-state index in [1.54, 1.807) is 6.07 Å². The Balaban J connectivity index is 2.52. The summed E-state index contributed by atoms with van der Waals surface area (Å²) in [7, 11) is -0.133. The summed E-state index contributed by atoms with van der Waals surface area (Å²) in [6, 6.07) is 7.98. The molecular weight excluding hydrogens is 352 g/mol. The van der Waals surface area contributed by atoms with E-state index in [1.807, 2.05) is 0 Å². The number of nitro groups is 1. The van der Waals surface area contributed by atoms with Gasteiger partial charge in [0, 0.05) is 6.07 Å². The average Bonchev–Trinajstić information content (AvgIpc) is 2.60. The van der Waals surface area contributed by atoms with Gasteiger partial charge < -0.3 is 14.2 Å². The molecule has 0 atom stereocenters. The van der Waals surface area contributed by atoms with Crippen molar-refractivity contribution in [3.63, 3.8) is 0 Å². The normalized spacial score (nSPS) is 10.8. The second-order valence-corrected chi connectivity index (χ2v) is 6.41. The molecule has 0 bridgehead atoms. The maximum Gasteiger partial charge on any atom is 0.293 e. The molecular formula is C15H16N2O7S. The zero-order valence-corrected chi connectivity index (χ0v) is 14.5. The zero-order chi connectivity index (χ0) is 18.6. The van der Waals surface area contributed by atoms with E-state index < -0.39 is 25.5 Å². The van der Waals surface area contributed by atoms with Gasteiger partial charge >= 0.3 is 0 Å². The second-order valence-electron chi connectivity index (χ2n) is 4.76. The molecule has 0 aromatic heterocycles. The minimum absolute atomic E-state index is 0.0898. The number of nitro benzene ring substituents is 1. The van der Waals surface area contributed by atoms with E-state index >= 15 is 0 Å². The highest BCUT2D eigenvalue weighted by molar-refractivity contribution is 7.92. The standard InChI is InChI=1S/C15H16N2O7S/c1-22-10-4-6-14(24-3)12(8-10)16-25(20,21)15-7-5-11(23-2)9-13(15)17(18)19/h4-9,16H,1-3H3. The van der Waals surface area contributed by atoms with Gasteiger partial charge in [-0.05, 0) is 24.3 Å². The third-order valence-corrected chi connectivity index (χ3v) is 4.72. The Morgan fingerprint density at radius 3 is 2.12 bits per heavy atom. The molecule has 0 aliphatic rings. The van der Waals surface area contributed by atoms with Gasteiger partial charge in [0.2, 0.25) is 0 Å². The van der Waals surface area contributed by atoms with Crippen LogP contribution in [-0.4, -0.2) is 34.7 Å². The molecule has 2 aromatic carbocycles. The van der Waals surface area contributed by atoms with Crippen molar-refractivity contribution in [2.24, 2.45) is 0 Å². The summed E-state index contributed by atoms with van der Waals surface area (Å²) < 4.78 is 42.6. The van der Waals surface area contributed by atoms with Crippen LogP contribution in [0.2, 0.25) is 0 Å². The van der Waals surface area contributed by atoms with E-state index in [2.05, 4.69) is 4.72 Å². The van der Waals surface area contributed by atoms with E-state index in [0.29, 0.717) is 5.75 Å². The predicted molar refractivity (Wildman–Crippen MR) is 90.0 cm³/mol. The van der Waals surface area contributed by atoms with Crippen molar-refractivity contribution in [1.82, 2.24) is 0 Å². The SMILES string of the molecule is COc1ccc(OC)c(NS(=O)(=O)c2ccc(OC)cc2[N+](=O)[O-])c1. The fourth-order valence-corrected chi connectivity index (χ4v) is 3.30. The fourth-order valence-electron chi connectivity index (χ4n) is 2.09. The Hall–Kier alpha value is -3.01. The highest BCUT2D eigenvalue weighted by Crippen LogP contribution is 2.34. The van der Waals surface area contributed by atoms with Crippen LogP contribution in [0, 0.1) is 10.1 Å². The molecule has 0 radical (unpaired) electrons. The number of nitrogens with one attached hydrogen (secondary N) is 1. The Bertz CT molecular complexity index is 897. The van der Waals surface area contributed by atoms with Crippen molar-refractivity contribution >= 4 is 21.4 Å². The van der Waals surface area contributed by atoms with Crippen molar-refractivity contribution in [2.45, 2.75) is 4.90 Å².